The summed E-state index contributed by atoms with van der Waals surface area (Å²) >= 11 is 7.68. The van der Waals surface area contributed by atoms with Gasteiger partial charge in [-0.3, -0.25) is 11.3 Å². The molecule has 1 unspecified atom stereocenters. The summed E-state index contributed by atoms with van der Waals surface area (Å²) in [6.45, 7) is 0. The molecule has 0 amide bonds. The summed E-state index contributed by atoms with van der Waals surface area (Å²) in [5, 5.41) is 4.51. The summed E-state index contributed by atoms with van der Waals surface area (Å²) in [5.74, 6) is 5.19. The lowest BCUT2D eigenvalue weighted by Crippen LogP contribution is -2.29. The van der Waals surface area contributed by atoms with Crippen LogP contribution in [0, 0.1) is 5.82 Å². The molecule has 3 N–H and O–H groups in total. The second kappa shape index (κ2) is 6.29. The SMILES string of the molecule is NNC(CCc1ccsc1)c1c(F)cccc1Cl. The zero-order valence-corrected chi connectivity index (χ0v) is 11.3. The highest BCUT2D eigenvalue weighted by atomic mass is 35.5. The maximum atomic E-state index is 13.8. The van der Waals surface area contributed by atoms with Gasteiger partial charge >= 0.3 is 0 Å². The largest absolute Gasteiger partial charge is 0.271 e. The summed E-state index contributed by atoms with van der Waals surface area (Å²) in [4.78, 5) is 0. The van der Waals surface area contributed by atoms with E-state index in [1.54, 1.807) is 23.5 Å². The van der Waals surface area contributed by atoms with Crippen molar-refractivity contribution in [2.75, 3.05) is 0 Å². The van der Waals surface area contributed by atoms with Crippen molar-refractivity contribution in [1.29, 1.82) is 0 Å². The van der Waals surface area contributed by atoms with Crippen LogP contribution < -0.4 is 11.3 Å². The molecule has 1 aromatic carbocycles. The second-order valence-corrected chi connectivity index (χ2v) is 5.21. The summed E-state index contributed by atoms with van der Waals surface area (Å²) in [5.41, 5.74) is 4.31. The quantitative estimate of drug-likeness (QED) is 0.649. The van der Waals surface area contributed by atoms with Crippen LogP contribution in [0.5, 0.6) is 0 Å². The lowest BCUT2D eigenvalue weighted by Gasteiger charge is -2.18. The Balaban J connectivity index is 2.13. The molecule has 2 rings (SSSR count). The molecule has 2 nitrogen and oxygen atoms in total. The van der Waals surface area contributed by atoms with Crippen LogP contribution in [0.4, 0.5) is 4.39 Å². The molecule has 0 saturated heterocycles. The number of hydrazine groups is 1. The van der Waals surface area contributed by atoms with E-state index in [0.717, 1.165) is 6.42 Å². The molecule has 1 heterocycles. The maximum absolute atomic E-state index is 13.8. The molecule has 0 spiro atoms. The van der Waals surface area contributed by atoms with Gasteiger partial charge in [0, 0.05) is 10.6 Å². The number of hydrogen-bond acceptors (Lipinski definition) is 3. The van der Waals surface area contributed by atoms with Gasteiger partial charge in [0.05, 0.1) is 6.04 Å². The lowest BCUT2D eigenvalue weighted by atomic mass is 10.00. The molecule has 2 aromatic rings. The van der Waals surface area contributed by atoms with Gasteiger partial charge in [0.2, 0.25) is 0 Å². The molecule has 0 aliphatic rings. The van der Waals surface area contributed by atoms with Crippen molar-refractivity contribution < 1.29 is 4.39 Å². The second-order valence-electron chi connectivity index (χ2n) is 4.02. The van der Waals surface area contributed by atoms with Gasteiger partial charge in [0.15, 0.2) is 0 Å². The van der Waals surface area contributed by atoms with Crippen LogP contribution in [0.3, 0.4) is 0 Å². The van der Waals surface area contributed by atoms with Crippen molar-refractivity contribution in [2.24, 2.45) is 5.84 Å². The van der Waals surface area contributed by atoms with Crippen LogP contribution in [-0.2, 0) is 6.42 Å². The van der Waals surface area contributed by atoms with E-state index in [1.165, 1.54) is 11.6 Å². The number of benzene rings is 1. The number of rotatable bonds is 5. The standard InChI is InChI=1S/C13H14ClFN2S/c14-10-2-1-3-11(15)13(10)12(17-16)5-4-9-6-7-18-8-9/h1-3,6-8,12,17H,4-5,16H2. The Labute approximate surface area is 115 Å². The first-order chi connectivity index (χ1) is 8.72. The molecule has 1 aromatic heterocycles. The average Bonchev–Trinajstić information content (AvgIpc) is 2.86. The highest BCUT2D eigenvalue weighted by Gasteiger charge is 2.17. The number of nitrogens with one attached hydrogen (secondary N) is 1. The molecular weight excluding hydrogens is 271 g/mol. The monoisotopic (exact) mass is 284 g/mol. The molecule has 0 aliphatic heterocycles. The van der Waals surface area contributed by atoms with E-state index < -0.39 is 0 Å². The van der Waals surface area contributed by atoms with Gasteiger partial charge in [-0.05, 0) is 47.4 Å². The molecule has 1 atom stereocenters. The Morgan fingerprint density at radius 3 is 2.83 bits per heavy atom. The average molecular weight is 285 g/mol. The van der Waals surface area contributed by atoms with E-state index in [2.05, 4.69) is 16.9 Å². The molecule has 0 bridgehead atoms. The van der Waals surface area contributed by atoms with E-state index in [-0.39, 0.29) is 11.9 Å². The predicted octanol–water partition coefficient (Wildman–Crippen LogP) is 3.68. The highest BCUT2D eigenvalue weighted by Crippen LogP contribution is 2.28. The first kappa shape index (κ1) is 13.5. The number of thiophene rings is 1. The zero-order valence-electron chi connectivity index (χ0n) is 9.70. The zero-order chi connectivity index (χ0) is 13.0. The van der Waals surface area contributed by atoms with Crippen molar-refractivity contribution in [1.82, 2.24) is 5.43 Å². The number of hydrogen-bond donors (Lipinski definition) is 2. The number of halogens is 2. The first-order valence-electron chi connectivity index (χ1n) is 5.63. The Bertz CT molecular complexity index is 481. The minimum absolute atomic E-state index is 0.279. The van der Waals surface area contributed by atoms with Crippen LogP contribution in [0.15, 0.2) is 35.0 Å². The molecular formula is C13H14ClFN2S. The third kappa shape index (κ3) is 3.09. The molecule has 18 heavy (non-hydrogen) atoms. The van der Waals surface area contributed by atoms with Gasteiger partial charge < -0.3 is 0 Å². The van der Waals surface area contributed by atoms with Crippen LogP contribution in [-0.4, -0.2) is 0 Å². The van der Waals surface area contributed by atoms with E-state index in [1.807, 2.05) is 5.38 Å². The van der Waals surface area contributed by atoms with Gasteiger partial charge in [-0.1, -0.05) is 17.7 Å². The van der Waals surface area contributed by atoms with Gasteiger partial charge in [-0.15, -0.1) is 0 Å². The van der Waals surface area contributed by atoms with E-state index >= 15 is 0 Å². The fraction of sp³-hybridized carbons (Fsp3) is 0.231. The van der Waals surface area contributed by atoms with Crippen LogP contribution in [0.1, 0.15) is 23.6 Å². The van der Waals surface area contributed by atoms with Crippen molar-refractivity contribution >= 4 is 22.9 Å². The summed E-state index contributed by atoms with van der Waals surface area (Å²) < 4.78 is 13.8. The number of aryl methyl sites for hydroxylation is 1. The Kier molecular flexibility index (Phi) is 4.72. The summed E-state index contributed by atoms with van der Waals surface area (Å²) in [7, 11) is 0. The fourth-order valence-corrected chi connectivity index (χ4v) is 2.90. The highest BCUT2D eigenvalue weighted by molar-refractivity contribution is 7.07. The molecule has 0 radical (unpaired) electrons. The van der Waals surface area contributed by atoms with E-state index in [0.29, 0.717) is 17.0 Å². The molecule has 0 saturated carbocycles. The molecule has 96 valence electrons. The topological polar surface area (TPSA) is 38.0 Å². The van der Waals surface area contributed by atoms with Gasteiger partial charge in [-0.2, -0.15) is 11.3 Å². The minimum atomic E-state index is -0.323. The summed E-state index contributed by atoms with van der Waals surface area (Å²) in [6.07, 6.45) is 1.54. The molecule has 0 fully saturated rings. The third-order valence-corrected chi connectivity index (χ3v) is 3.91. The minimum Gasteiger partial charge on any atom is -0.271 e. The Morgan fingerprint density at radius 1 is 1.39 bits per heavy atom. The molecule has 5 heteroatoms. The van der Waals surface area contributed by atoms with Crippen molar-refractivity contribution in [3.8, 4) is 0 Å². The summed E-state index contributed by atoms with van der Waals surface area (Å²) in [6, 6.07) is 6.44. The van der Waals surface area contributed by atoms with Gasteiger partial charge in [0.25, 0.3) is 0 Å². The predicted molar refractivity (Wildman–Crippen MR) is 74.1 cm³/mol. The molecule has 0 aliphatic carbocycles. The van der Waals surface area contributed by atoms with Crippen molar-refractivity contribution in [3.63, 3.8) is 0 Å². The van der Waals surface area contributed by atoms with Gasteiger partial charge in [-0.25, -0.2) is 4.39 Å². The van der Waals surface area contributed by atoms with Gasteiger partial charge in [0.1, 0.15) is 5.82 Å². The van der Waals surface area contributed by atoms with Crippen molar-refractivity contribution in [2.45, 2.75) is 18.9 Å². The van der Waals surface area contributed by atoms with Crippen LogP contribution in [0.25, 0.3) is 0 Å². The van der Waals surface area contributed by atoms with E-state index in [9.17, 15) is 4.39 Å². The first-order valence-corrected chi connectivity index (χ1v) is 6.95. The third-order valence-electron chi connectivity index (χ3n) is 2.85. The maximum Gasteiger partial charge on any atom is 0.129 e. The van der Waals surface area contributed by atoms with Crippen LogP contribution in [0.2, 0.25) is 5.02 Å². The Morgan fingerprint density at radius 2 is 2.22 bits per heavy atom. The number of nitrogens with two attached hydrogens (primary N) is 1. The van der Waals surface area contributed by atoms with Crippen molar-refractivity contribution in [3.05, 3.63) is 57.0 Å². The van der Waals surface area contributed by atoms with Crippen LogP contribution >= 0.6 is 22.9 Å². The smallest absolute Gasteiger partial charge is 0.129 e. The Hall–Kier alpha value is -0.940. The fourth-order valence-electron chi connectivity index (χ4n) is 1.90. The lowest BCUT2D eigenvalue weighted by molar-refractivity contribution is 0.486. The van der Waals surface area contributed by atoms with E-state index in [4.69, 9.17) is 17.4 Å². The normalized spacial score (nSPS) is 12.6.